The molecule has 1 aromatic heterocycles. The predicted octanol–water partition coefficient (Wildman–Crippen LogP) is 8.32. The van der Waals surface area contributed by atoms with E-state index >= 15 is 0 Å². The third kappa shape index (κ3) is 2.42. The molecule has 0 saturated carbocycles. The summed E-state index contributed by atoms with van der Waals surface area (Å²) in [6, 6.07) is 38.6. The number of hydrogen-bond donors (Lipinski definition) is 1. The van der Waals surface area contributed by atoms with Crippen LogP contribution in [0.5, 0.6) is 0 Å². The van der Waals surface area contributed by atoms with Crippen LogP contribution < -0.4 is 0 Å². The molecule has 0 aliphatic carbocycles. The van der Waals surface area contributed by atoms with Crippen molar-refractivity contribution < 1.29 is 0 Å². The van der Waals surface area contributed by atoms with Gasteiger partial charge in [0.15, 0.2) is 0 Å². The highest BCUT2D eigenvalue weighted by Gasteiger charge is 2.21. The zero-order valence-corrected chi connectivity index (χ0v) is 17.8. The maximum Gasteiger partial charge on any atom is 0.101 e. The first-order valence-electron chi connectivity index (χ1n) is 11.1. The summed E-state index contributed by atoms with van der Waals surface area (Å²) in [4.78, 5) is 3.67. The number of H-pyrrole nitrogens is 1. The van der Waals surface area contributed by atoms with Crippen LogP contribution in [-0.4, -0.2) is 4.98 Å². The Balaban J connectivity index is 1.84. The van der Waals surface area contributed by atoms with Gasteiger partial charge in [-0.1, -0.05) is 97.1 Å². The minimum absolute atomic E-state index is 0.734. The SMILES string of the molecule is N#Cc1c2c(ccc3ccccc32)c(-c2cccc3ccccc23)c2[nH]c3ccccc3c12. The number of para-hydroxylation sites is 1. The summed E-state index contributed by atoms with van der Waals surface area (Å²) in [6.07, 6.45) is 0. The van der Waals surface area contributed by atoms with Gasteiger partial charge in [0, 0.05) is 27.2 Å². The maximum absolute atomic E-state index is 10.4. The number of aromatic amines is 1. The summed E-state index contributed by atoms with van der Waals surface area (Å²) in [6.45, 7) is 0. The molecule has 7 aromatic rings. The fraction of sp³-hybridized carbons (Fsp3) is 0. The van der Waals surface area contributed by atoms with E-state index in [4.69, 9.17) is 0 Å². The highest BCUT2D eigenvalue weighted by molar-refractivity contribution is 6.28. The van der Waals surface area contributed by atoms with E-state index in [2.05, 4.69) is 102 Å². The average molecular weight is 418 g/mol. The zero-order valence-electron chi connectivity index (χ0n) is 17.8. The third-order valence-electron chi connectivity index (χ3n) is 6.83. The van der Waals surface area contributed by atoms with E-state index in [1.165, 1.54) is 16.3 Å². The largest absolute Gasteiger partial charge is 0.354 e. The van der Waals surface area contributed by atoms with E-state index in [1.807, 2.05) is 12.1 Å². The lowest BCUT2D eigenvalue weighted by Crippen LogP contribution is -1.91. The summed E-state index contributed by atoms with van der Waals surface area (Å²) in [7, 11) is 0. The summed E-state index contributed by atoms with van der Waals surface area (Å²) in [5.74, 6) is 0. The van der Waals surface area contributed by atoms with Crippen molar-refractivity contribution in [2.75, 3.05) is 0 Å². The summed E-state index contributed by atoms with van der Waals surface area (Å²) >= 11 is 0. The number of hydrogen-bond acceptors (Lipinski definition) is 1. The van der Waals surface area contributed by atoms with Gasteiger partial charge in [-0.25, -0.2) is 0 Å². The summed E-state index contributed by atoms with van der Waals surface area (Å²) < 4.78 is 0. The Morgan fingerprint density at radius 2 is 1.21 bits per heavy atom. The number of nitriles is 1. The second-order valence-electron chi connectivity index (χ2n) is 8.52. The molecule has 0 fully saturated rings. The van der Waals surface area contributed by atoms with Crippen molar-refractivity contribution in [2.24, 2.45) is 0 Å². The third-order valence-corrected chi connectivity index (χ3v) is 6.83. The first kappa shape index (κ1) is 18.0. The van der Waals surface area contributed by atoms with Crippen molar-refractivity contribution in [1.82, 2.24) is 4.98 Å². The van der Waals surface area contributed by atoms with Gasteiger partial charge in [-0.3, -0.25) is 0 Å². The van der Waals surface area contributed by atoms with Crippen molar-refractivity contribution in [3.63, 3.8) is 0 Å². The Hall–Kier alpha value is -4.61. The predicted molar refractivity (Wildman–Crippen MR) is 138 cm³/mol. The molecule has 0 radical (unpaired) electrons. The highest BCUT2D eigenvalue weighted by atomic mass is 14.7. The van der Waals surface area contributed by atoms with Crippen molar-refractivity contribution in [1.29, 1.82) is 5.26 Å². The fourth-order valence-electron chi connectivity index (χ4n) is 5.43. The molecule has 0 aliphatic heterocycles. The molecule has 0 atom stereocenters. The lowest BCUT2D eigenvalue weighted by molar-refractivity contribution is 1.51. The van der Waals surface area contributed by atoms with Crippen LogP contribution in [-0.2, 0) is 0 Å². The number of benzene rings is 6. The zero-order chi connectivity index (χ0) is 21.9. The molecule has 2 heteroatoms. The van der Waals surface area contributed by atoms with Gasteiger partial charge in [0.25, 0.3) is 0 Å². The van der Waals surface area contributed by atoms with Crippen LogP contribution in [0, 0.1) is 11.3 Å². The molecule has 0 amide bonds. The highest BCUT2D eigenvalue weighted by Crippen LogP contribution is 2.45. The monoisotopic (exact) mass is 418 g/mol. The van der Waals surface area contributed by atoms with E-state index in [0.717, 1.165) is 54.5 Å². The Kier molecular flexibility index (Phi) is 3.65. The first-order chi connectivity index (χ1) is 16.3. The van der Waals surface area contributed by atoms with Crippen LogP contribution in [0.2, 0.25) is 0 Å². The molecular formula is C31H18N2. The minimum Gasteiger partial charge on any atom is -0.354 e. The van der Waals surface area contributed by atoms with E-state index in [9.17, 15) is 5.26 Å². The summed E-state index contributed by atoms with van der Waals surface area (Å²) in [5.41, 5.74) is 5.13. The van der Waals surface area contributed by atoms with Gasteiger partial charge < -0.3 is 4.98 Å². The molecule has 6 aromatic carbocycles. The van der Waals surface area contributed by atoms with Gasteiger partial charge >= 0.3 is 0 Å². The molecule has 0 bridgehead atoms. The van der Waals surface area contributed by atoms with Crippen molar-refractivity contribution in [3.05, 3.63) is 109 Å². The van der Waals surface area contributed by atoms with E-state index in [-0.39, 0.29) is 0 Å². The maximum atomic E-state index is 10.4. The quantitative estimate of drug-likeness (QED) is 0.267. The van der Waals surface area contributed by atoms with Crippen molar-refractivity contribution in [2.45, 2.75) is 0 Å². The number of rotatable bonds is 1. The van der Waals surface area contributed by atoms with E-state index < -0.39 is 0 Å². The van der Waals surface area contributed by atoms with Gasteiger partial charge in [0.2, 0.25) is 0 Å². The molecule has 152 valence electrons. The lowest BCUT2D eigenvalue weighted by Gasteiger charge is -2.15. The van der Waals surface area contributed by atoms with Gasteiger partial charge in [0.1, 0.15) is 6.07 Å². The molecule has 33 heavy (non-hydrogen) atoms. The summed E-state index contributed by atoms with van der Waals surface area (Å²) in [5, 5.41) is 19.3. The van der Waals surface area contributed by atoms with E-state index in [1.54, 1.807) is 0 Å². The molecular weight excluding hydrogens is 400 g/mol. The molecule has 1 heterocycles. The molecule has 1 N–H and O–H groups in total. The smallest absolute Gasteiger partial charge is 0.101 e. The molecule has 0 spiro atoms. The van der Waals surface area contributed by atoms with Gasteiger partial charge in [-0.15, -0.1) is 0 Å². The first-order valence-corrected chi connectivity index (χ1v) is 11.1. The Labute approximate surface area is 190 Å². The topological polar surface area (TPSA) is 39.6 Å². The second kappa shape index (κ2) is 6.69. The van der Waals surface area contributed by atoms with Gasteiger partial charge in [-0.2, -0.15) is 5.26 Å². The Bertz CT molecular complexity index is 1930. The van der Waals surface area contributed by atoms with Crippen LogP contribution in [0.3, 0.4) is 0 Å². The van der Waals surface area contributed by atoms with E-state index in [0.29, 0.717) is 0 Å². The van der Waals surface area contributed by atoms with Crippen LogP contribution in [0.4, 0.5) is 0 Å². The standard InChI is InChI=1S/C31H18N2/c32-18-26-28-22-12-4-2-9-20(22)16-17-25(28)29(23-14-7-10-19-8-1-3-11-21(19)23)31-30(26)24-13-5-6-15-27(24)33-31/h1-17,33H. The second-order valence-corrected chi connectivity index (χ2v) is 8.52. The minimum atomic E-state index is 0.734. The van der Waals surface area contributed by atoms with Crippen LogP contribution in [0.15, 0.2) is 103 Å². The van der Waals surface area contributed by atoms with Crippen molar-refractivity contribution in [3.8, 4) is 17.2 Å². The Morgan fingerprint density at radius 3 is 2.03 bits per heavy atom. The van der Waals surface area contributed by atoms with Crippen LogP contribution in [0.1, 0.15) is 5.56 Å². The normalized spacial score (nSPS) is 11.6. The number of aromatic nitrogens is 1. The molecule has 0 unspecified atom stereocenters. The molecule has 7 rings (SSSR count). The van der Waals surface area contributed by atoms with Gasteiger partial charge in [-0.05, 0) is 38.6 Å². The number of fused-ring (bicyclic) bond motifs is 7. The van der Waals surface area contributed by atoms with Crippen LogP contribution >= 0.6 is 0 Å². The van der Waals surface area contributed by atoms with Gasteiger partial charge in [0.05, 0.1) is 11.1 Å². The number of nitrogens with zero attached hydrogens (tertiary/aromatic N) is 1. The fourth-order valence-corrected chi connectivity index (χ4v) is 5.43. The molecule has 0 saturated heterocycles. The van der Waals surface area contributed by atoms with Crippen molar-refractivity contribution >= 4 is 54.1 Å². The lowest BCUT2D eigenvalue weighted by atomic mass is 9.87. The van der Waals surface area contributed by atoms with Crippen LogP contribution in [0.25, 0.3) is 65.3 Å². The Morgan fingerprint density at radius 1 is 0.545 bits per heavy atom. The average Bonchev–Trinajstić information content (AvgIpc) is 3.26. The molecule has 2 nitrogen and oxygen atoms in total. The number of nitrogens with one attached hydrogen (secondary N) is 1. The molecule has 0 aliphatic rings.